The average Bonchev–Trinajstić information content (AvgIpc) is 3.06. The second kappa shape index (κ2) is 6.96. The van der Waals surface area contributed by atoms with Crippen LogP contribution in [0.15, 0.2) is 53.3 Å². The van der Waals surface area contributed by atoms with Gasteiger partial charge in [0.1, 0.15) is 11.3 Å². The molecule has 3 rings (SSSR count). The van der Waals surface area contributed by atoms with E-state index in [1.165, 1.54) is 6.39 Å². The van der Waals surface area contributed by atoms with Crippen LogP contribution in [0.25, 0.3) is 11.1 Å². The van der Waals surface area contributed by atoms with Gasteiger partial charge >= 0.3 is 0 Å². The number of aromatic nitrogens is 1. The Morgan fingerprint density at radius 3 is 2.74 bits per heavy atom. The van der Waals surface area contributed by atoms with Crippen molar-refractivity contribution in [2.45, 2.75) is 19.4 Å². The summed E-state index contributed by atoms with van der Waals surface area (Å²) in [6, 6.07) is 13.5. The van der Waals surface area contributed by atoms with Gasteiger partial charge in [-0.1, -0.05) is 18.2 Å². The van der Waals surface area contributed by atoms with E-state index in [0.717, 1.165) is 28.0 Å². The van der Waals surface area contributed by atoms with Gasteiger partial charge in [-0.3, -0.25) is 4.79 Å². The zero-order valence-electron chi connectivity index (χ0n) is 12.9. The lowest BCUT2D eigenvalue weighted by atomic mass is 10.1. The van der Waals surface area contributed by atoms with E-state index >= 15 is 0 Å². The van der Waals surface area contributed by atoms with Crippen LogP contribution in [0.5, 0.6) is 5.75 Å². The third-order valence-corrected chi connectivity index (χ3v) is 3.69. The fourth-order valence-electron chi connectivity index (χ4n) is 2.35. The fourth-order valence-corrected chi connectivity index (χ4v) is 2.35. The minimum atomic E-state index is 0.0264. The molecule has 0 spiro atoms. The highest BCUT2D eigenvalue weighted by molar-refractivity contribution is 5.76. The predicted octanol–water partition coefficient (Wildman–Crippen LogP) is 3.09. The van der Waals surface area contributed by atoms with Crippen LogP contribution in [0, 0.1) is 0 Å². The van der Waals surface area contributed by atoms with Crippen LogP contribution in [-0.2, 0) is 17.8 Å². The summed E-state index contributed by atoms with van der Waals surface area (Å²) >= 11 is 0. The van der Waals surface area contributed by atoms with Gasteiger partial charge in [-0.2, -0.15) is 0 Å². The standard InChI is InChI=1S/C18H18N2O3/c1-22-15-6-2-13(3-7-15)5-9-18(21)19-11-14-4-8-16-17(10-14)23-12-20-16/h2-4,6-8,10,12H,5,9,11H2,1H3,(H,19,21). The molecule has 2 aromatic carbocycles. The molecule has 0 aliphatic carbocycles. The van der Waals surface area contributed by atoms with E-state index in [1.807, 2.05) is 42.5 Å². The molecule has 1 amide bonds. The van der Waals surface area contributed by atoms with Gasteiger partial charge in [0.2, 0.25) is 5.91 Å². The molecular formula is C18H18N2O3. The number of benzene rings is 2. The van der Waals surface area contributed by atoms with E-state index in [0.29, 0.717) is 19.4 Å². The molecular weight excluding hydrogens is 292 g/mol. The summed E-state index contributed by atoms with van der Waals surface area (Å²) < 4.78 is 10.4. The largest absolute Gasteiger partial charge is 0.497 e. The number of fused-ring (bicyclic) bond motifs is 1. The molecule has 0 radical (unpaired) electrons. The summed E-state index contributed by atoms with van der Waals surface area (Å²) in [7, 11) is 1.64. The van der Waals surface area contributed by atoms with Crippen LogP contribution in [-0.4, -0.2) is 18.0 Å². The summed E-state index contributed by atoms with van der Waals surface area (Å²) in [4.78, 5) is 16.0. The van der Waals surface area contributed by atoms with Crippen molar-refractivity contribution >= 4 is 17.0 Å². The number of aryl methyl sites for hydroxylation is 1. The Hall–Kier alpha value is -2.82. The molecule has 0 saturated carbocycles. The molecule has 1 N–H and O–H groups in total. The Bertz CT molecular complexity index is 793. The maximum atomic E-state index is 12.0. The first-order valence-corrected chi connectivity index (χ1v) is 7.46. The minimum absolute atomic E-state index is 0.0264. The molecule has 0 aliphatic rings. The zero-order chi connectivity index (χ0) is 16.1. The first-order valence-electron chi connectivity index (χ1n) is 7.46. The lowest BCUT2D eigenvalue weighted by Crippen LogP contribution is -2.22. The van der Waals surface area contributed by atoms with E-state index in [-0.39, 0.29) is 5.91 Å². The van der Waals surface area contributed by atoms with Crippen molar-refractivity contribution in [2.24, 2.45) is 0 Å². The SMILES string of the molecule is COc1ccc(CCC(=O)NCc2ccc3ncoc3c2)cc1. The number of hydrogen-bond acceptors (Lipinski definition) is 4. The average molecular weight is 310 g/mol. The number of nitrogens with zero attached hydrogens (tertiary/aromatic N) is 1. The Morgan fingerprint density at radius 2 is 1.96 bits per heavy atom. The third kappa shape index (κ3) is 3.88. The molecule has 0 saturated heterocycles. The van der Waals surface area contributed by atoms with Gasteiger partial charge in [-0.05, 0) is 41.8 Å². The number of hydrogen-bond donors (Lipinski definition) is 1. The molecule has 5 nitrogen and oxygen atoms in total. The Balaban J connectivity index is 1.48. The normalized spacial score (nSPS) is 10.7. The van der Waals surface area contributed by atoms with Crippen LogP contribution in [0.3, 0.4) is 0 Å². The van der Waals surface area contributed by atoms with Crippen molar-refractivity contribution in [3.63, 3.8) is 0 Å². The molecule has 23 heavy (non-hydrogen) atoms. The number of nitrogens with one attached hydrogen (secondary N) is 1. The summed E-state index contributed by atoms with van der Waals surface area (Å²) in [5.41, 5.74) is 3.66. The van der Waals surface area contributed by atoms with E-state index in [1.54, 1.807) is 7.11 Å². The van der Waals surface area contributed by atoms with Gasteiger partial charge in [-0.25, -0.2) is 4.98 Å². The highest BCUT2D eigenvalue weighted by atomic mass is 16.5. The molecule has 118 valence electrons. The van der Waals surface area contributed by atoms with Gasteiger partial charge < -0.3 is 14.5 Å². The number of methoxy groups -OCH3 is 1. The van der Waals surface area contributed by atoms with Crippen molar-refractivity contribution in [1.82, 2.24) is 10.3 Å². The number of amides is 1. The topological polar surface area (TPSA) is 64.4 Å². The van der Waals surface area contributed by atoms with Gasteiger partial charge in [0.15, 0.2) is 12.0 Å². The van der Waals surface area contributed by atoms with Crippen molar-refractivity contribution in [2.75, 3.05) is 7.11 Å². The Morgan fingerprint density at radius 1 is 1.17 bits per heavy atom. The first-order chi connectivity index (χ1) is 11.2. The van der Waals surface area contributed by atoms with Crippen LogP contribution >= 0.6 is 0 Å². The Labute approximate surface area is 134 Å². The van der Waals surface area contributed by atoms with Crippen molar-refractivity contribution in [3.8, 4) is 5.75 Å². The molecule has 0 fully saturated rings. The molecule has 0 unspecified atom stereocenters. The number of ether oxygens (including phenoxy) is 1. The van der Waals surface area contributed by atoms with Crippen LogP contribution in [0.4, 0.5) is 0 Å². The van der Waals surface area contributed by atoms with Crippen LogP contribution < -0.4 is 10.1 Å². The molecule has 3 aromatic rings. The van der Waals surface area contributed by atoms with Crippen molar-refractivity contribution < 1.29 is 13.9 Å². The first kappa shape index (κ1) is 15.1. The highest BCUT2D eigenvalue weighted by Crippen LogP contribution is 2.14. The smallest absolute Gasteiger partial charge is 0.220 e. The van der Waals surface area contributed by atoms with E-state index < -0.39 is 0 Å². The lowest BCUT2D eigenvalue weighted by Gasteiger charge is -2.06. The molecule has 5 heteroatoms. The number of carbonyl (C=O) groups is 1. The summed E-state index contributed by atoms with van der Waals surface area (Å²) in [5.74, 6) is 0.847. The molecule has 0 atom stereocenters. The summed E-state index contributed by atoms with van der Waals surface area (Å²) in [6.45, 7) is 0.484. The fraction of sp³-hybridized carbons (Fsp3) is 0.222. The van der Waals surface area contributed by atoms with Gasteiger partial charge in [-0.15, -0.1) is 0 Å². The van der Waals surface area contributed by atoms with Gasteiger partial charge in [0.25, 0.3) is 0 Å². The van der Waals surface area contributed by atoms with Gasteiger partial charge in [0.05, 0.1) is 7.11 Å². The quantitative estimate of drug-likeness (QED) is 0.760. The number of oxazole rings is 1. The summed E-state index contributed by atoms with van der Waals surface area (Å²) in [6.07, 6.45) is 2.58. The Kier molecular flexibility index (Phi) is 4.57. The zero-order valence-corrected chi connectivity index (χ0v) is 12.9. The van der Waals surface area contributed by atoms with Crippen molar-refractivity contribution in [1.29, 1.82) is 0 Å². The second-order valence-electron chi connectivity index (χ2n) is 5.28. The number of rotatable bonds is 6. The highest BCUT2D eigenvalue weighted by Gasteiger charge is 2.05. The van der Waals surface area contributed by atoms with E-state index in [2.05, 4.69) is 10.3 Å². The van der Waals surface area contributed by atoms with Crippen LogP contribution in [0.2, 0.25) is 0 Å². The number of carbonyl (C=O) groups excluding carboxylic acids is 1. The van der Waals surface area contributed by atoms with E-state index in [9.17, 15) is 4.79 Å². The molecule has 0 aliphatic heterocycles. The van der Waals surface area contributed by atoms with Crippen LogP contribution in [0.1, 0.15) is 17.5 Å². The molecule has 1 heterocycles. The summed E-state index contributed by atoms with van der Waals surface area (Å²) in [5, 5.41) is 2.92. The molecule has 0 bridgehead atoms. The predicted molar refractivity (Wildman–Crippen MR) is 87.2 cm³/mol. The third-order valence-electron chi connectivity index (χ3n) is 3.69. The monoisotopic (exact) mass is 310 g/mol. The molecule has 1 aromatic heterocycles. The van der Waals surface area contributed by atoms with Crippen molar-refractivity contribution in [3.05, 3.63) is 60.0 Å². The minimum Gasteiger partial charge on any atom is -0.497 e. The maximum absolute atomic E-state index is 12.0. The van der Waals surface area contributed by atoms with Gasteiger partial charge in [0, 0.05) is 13.0 Å². The maximum Gasteiger partial charge on any atom is 0.220 e. The van der Waals surface area contributed by atoms with E-state index in [4.69, 9.17) is 9.15 Å². The lowest BCUT2D eigenvalue weighted by molar-refractivity contribution is -0.121. The second-order valence-corrected chi connectivity index (χ2v) is 5.28.